The van der Waals surface area contributed by atoms with Crippen molar-refractivity contribution in [2.45, 2.75) is 6.54 Å². The SMILES string of the molecule is CN(Cc1ccccc1Br)c1c(F)cc(C(=O)O)cc1F. The molecule has 0 amide bonds. The maximum Gasteiger partial charge on any atom is 0.335 e. The van der Waals surface area contributed by atoms with E-state index in [0.717, 1.165) is 22.2 Å². The maximum atomic E-state index is 14.0. The number of halogens is 3. The largest absolute Gasteiger partial charge is 0.478 e. The summed E-state index contributed by atoms with van der Waals surface area (Å²) in [7, 11) is 1.54. The number of hydrogen-bond acceptors (Lipinski definition) is 2. The molecule has 1 N–H and O–H groups in total. The van der Waals surface area contributed by atoms with Gasteiger partial charge in [0.25, 0.3) is 0 Å². The molecule has 6 heteroatoms. The van der Waals surface area contributed by atoms with Gasteiger partial charge in [-0.05, 0) is 23.8 Å². The molecule has 0 aliphatic carbocycles. The lowest BCUT2D eigenvalue weighted by Crippen LogP contribution is -2.20. The number of hydrogen-bond donors (Lipinski definition) is 1. The number of carboxylic acid groups (broad SMARTS) is 1. The van der Waals surface area contributed by atoms with E-state index in [-0.39, 0.29) is 12.2 Å². The average Bonchev–Trinajstić information content (AvgIpc) is 2.40. The van der Waals surface area contributed by atoms with Crippen LogP contribution in [0.2, 0.25) is 0 Å². The summed E-state index contributed by atoms with van der Waals surface area (Å²) in [6.07, 6.45) is 0. The average molecular weight is 356 g/mol. The van der Waals surface area contributed by atoms with Gasteiger partial charge in [0.2, 0.25) is 0 Å². The van der Waals surface area contributed by atoms with Gasteiger partial charge in [-0.2, -0.15) is 0 Å². The van der Waals surface area contributed by atoms with E-state index in [1.165, 1.54) is 4.90 Å². The molecule has 3 nitrogen and oxygen atoms in total. The number of aromatic carboxylic acids is 1. The van der Waals surface area contributed by atoms with Gasteiger partial charge < -0.3 is 10.0 Å². The number of rotatable bonds is 4. The molecular formula is C15H12BrF2NO2. The molecule has 0 radical (unpaired) electrons. The van der Waals surface area contributed by atoms with Gasteiger partial charge in [-0.25, -0.2) is 13.6 Å². The van der Waals surface area contributed by atoms with Crippen molar-refractivity contribution in [1.82, 2.24) is 0 Å². The topological polar surface area (TPSA) is 40.5 Å². The van der Waals surface area contributed by atoms with Gasteiger partial charge in [-0.1, -0.05) is 34.1 Å². The lowest BCUT2D eigenvalue weighted by molar-refractivity contribution is 0.0695. The summed E-state index contributed by atoms with van der Waals surface area (Å²) in [6.45, 7) is 0.279. The molecule has 0 atom stereocenters. The van der Waals surface area contributed by atoms with E-state index in [1.54, 1.807) is 7.05 Å². The second kappa shape index (κ2) is 6.22. The predicted molar refractivity (Wildman–Crippen MR) is 79.6 cm³/mol. The lowest BCUT2D eigenvalue weighted by atomic mass is 10.1. The highest BCUT2D eigenvalue weighted by atomic mass is 79.9. The van der Waals surface area contributed by atoms with Crippen LogP contribution in [-0.2, 0) is 6.54 Å². The summed E-state index contributed by atoms with van der Waals surface area (Å²) in [5.74, 6) is -3.17. The number of carbonyl (C=O) groups is 1. The molecule has 2 aromatic rings. The molecule has 0 aliphatic heterocycles. The predicted octanol–water partition coefficient (Wildman–Crippen LogP) is 4.06. The van der Waals surface area contributed by atoms with Crippen LogP contribution in [-0.4, -0.2) is 18.1 Å². The first-order valence-corrected chi connectivity index (χ1v) is 6.86. The Bertz CT molecular complexity index is 668. The first-order chi connectivity index (χ1) is 9.90. The normalized spacial score (nSPS) is 10.5. The fourth-order valence-electron chi connectivity index (χ4n) is 2.01. The van der Waals surface area contributed by atoms with Crippen LogP contribution in [0, 0.1) is 11.6 Å². The van der Waals surface area contributed by atoms with Gasteiger partial charge in [0.15, 0.2) is 0 Å². The fraction of sp³-hybridized carbons (Fsp3) is 0.133. The second-order valence-electron chi connectivity index (χ2n) is 4.54. The molecule has 0 aliphatic rings. The Labute approximate surface area is 128 Å². The zero-order valence-corrected chi connectivity index (χ0v) is 12.7. The van der Waals surface area contributed by atoms with Crippen LogP contribution in [0.5, 0.6) is 0 Å². The van der Waals surface area contributed by atoms with Gasteiger partial charge in [-0.3, -0.25) is 0 Å². The Kier molecular flexibility index (Phi) is 4.57. The van der Waals surface area contributed by atoms with Gasteiger partial charge >= 0.3 is 5.97 Å². The van der Waals surface area contributed by atoms with E-state index in [0.29, 0.717) is 0 Å². The van der Waals surface area contributed by atoms with Crippen LogP contribution in [0.25, 0.3) is 0 Å². The van der Waals surface area contributed by atoms with Crippen molar-refractivity contribution in [2.24, 2.45) is 0 Å². The lowest BCUT2D eigenvalue weighted by Gasteiger charge is -2.21. The number of anilines is 1. The molecule has 0 saturated heterocycles. The van der Waals surface area contributed by atoms with E-state index < -0.39 is 23.2 Å². The highest BCUT2D eigenvalue weighted by Crippen LogP contribution is 2.27. The van der Waals surface area contributed by atoms with Crippen molar-refractivity contribution in [3.8, 4) is 0 Å². The second-order valence-corrected chi connectivity index (χ2v) is 5.40. The first-order valence-electron chi connectivity index (χ1n) is 6.07. The molecule has 21 heavy (non-hydrogen) atoms. The minimum atomic E-state index is -1.37. The summed E-state index contributed by atoms with van der Waals surface area (Å²) in [5.41, 5.74) is 0.194. The third kappa shape index (κ3) is 3.39. The summed E-state index contributed by atoms with van der Waals surface area (Å²) >= 11 is 3.37. The molecule has 0 saturated carbocycles. The van der Waals surface area contributed by atoms with Gasteiger partial charge in [0, 0.05) is 18.1 Å². The number of nitrogens with zero attached hydrogens (tertiary/aromatic N) is 1. The smallest absolute Gasteiger partial charge is 0.335 e. The van der Waals surface area contributed by atoms with Crippen LogP contribution in [0.1, 0.15) is 15.9 Å². The Hall–Kier alpha value is -1.95. The van der Waals surface area contributed by atoms with E-state index >= 15 is 0 Å². The molecule has 0 aromatic heterocycles. The quantitative estimate of drug-likeness (QED) is 0.898. The van der Waals surface area contributed by atoms with E-state index in [9.17, 15) is 13.6 Å². The van der Waals surface area contributed by atoms with Crippen LogP contribution in [0.15, 0.2) is 40.9 Å². The summed E-state index contributed by atoms with van der Waals surface area (Å²) in [6, 6.07) is 8.98. The van der Waals surface area contributed by atoms with Crippen LogP contribution in [0.3, 0.4) is 0 Å². The Balaban J connectivity index is 2.34. The third-order valence-electron chi connectivity index (χ3n) is 3.01. The van der Waals surface area contributed by atoms with Crippen LogP contribution in [0.4, 0.5) is 14.5 Å². The minimum Gasteiger partial charge on any atom is -0.478 e. The minimum absolute atomic E-state index is 0.254. The van der Waals surface area contributed by atoms with Crippen molar-refractivity contribution < 1.29 is 18.7 Å². The van der Waals surface area contributed by atoms with E-state index in [2.05, 4.69) is 15.9 Å². The molecule has 110 valence electrons. The van der Waals surface area contributed by atoms with E-state index in [1.807, 2.05) is 24.3 Å². The van der Waals surface area contributed by atoms with Gasteiger partial charge in [0.05, 0.1) is 5.56 Å². The summed E-state index contributed by atoms with van der Waals surface area (Å²) < 4.78 is 28.8. The number of carboxylic acids is 1. The molecule has 0 bridgehead atoms. The van der Waals surface area contributed by atoms with Gasteiger partial charge in [0.1, 0.15) is 17.3 Å². The molecule has 0 unspecified atom stereocenters. The van der Waals surface area contributed by atoms with Crippen LogP contribution >= 0.6 is 15.9 Å². The van der Waals surface area contributed by atoms with E-state index in [4.69, 9.17) is 5.11 Å². The Morgan fingerprint density at radius 1 is 1.24 bits per heavy atom. The fourth-order valence-corrected chi connectivity index (χ4v) is 2.43. The van der Waals surface area contributed by atoms with Crippen molar-refractivity contribution in [2.75, 3.05) is 11.9 Å². The van der Waals surface area contributed by atoms with Crippen molar-refractivity contribution in [3.05, 3.63) is 63.6 Å². The molecule has 0 heterocycles. The first kappa shape index (κ1) is 15.4. The summed E-state index contributed by atoms with van der Waals surface area (Å²) in [5, 5.41) is 8.78. The van der Waals surface area contributed by atoms with Crippen molar-refractivity contribution in [3.63, 3.8) is 0 Å². The zero-order valence-electron chi connectivity index (χ0n) is 11.1. The maximum absolute atomic E-state index is 14.0. The molecule has 0 spiro atoms. The molecule has 2 rings (SSSR count). The standard InChI is InChI=1S/C15H12BrF2NO2/c1-19(8-9-4-2-3-5-11(9)16)14-12(17)6-10(15(20)21)7-13(14)18/h2-7H,8H2,1H3,(H,20,21). The number of benzene rings is 2. The third-order valence-corrected chi connectivity index (χ3v) is 3.78. The van der Waals surface area contributed by atoms with Gasteiger partial charge in [-0.15, -0.1) is 0 Å². The molecular weight excluding hydrogens is 344 g/mol. The van der Waals surface area contributed by atoms with Crippen molar-refractivity contribution >= 4 is 27.6 Å². The Morgan fingerprint density at radius 2 is 1.81 bits per heavy atom. The zero-order chi connectivity index (χ0) is 15.6. The van der Waals surface area contributed by atoms with Crippen molar-refractivity contribution in [1.29, 1.82) is 0 Å². The molecule has 2 aromatic carbocycles. The highest BCUT2D eigenvalue weighted by Gasteiger charge is 2.18. The highest BCUT2D eigenvalue weighted by molar-refractivity contribution is 9.10. The Morgan fingerprint density at radius 3 is 2.33 bits per heavy atom. The summed E-state index contributed by atoms with van der Waals surface area (Å²) in [4.78, 5) is 12.2. The monoisotopic (exact) mass is 355 g/mol. The molecule has 0 fully saturated rings. The van der Waals surface area contributed by atoms with Crippen LogP contribution < -0.4 is 4.90 Å².